The molecule has 0 spiro atoms. The normalized spacial score (nSPS) is 16.2. The van der Waals surface area contributed by atoms with Gasteiger partial charge in [0.25, 0.3) is 0 Å². The minimum absolute atomic E-state index is 0.735. The number of nitrogens with zero attached hydrogens (tertiary/aromatic N) is 2. The fourth-order valence-corrected chi connectivity index (χ4v) is 3.31. The number of thioether (sulfide) groups is 1. The van der Waals surface area contributed by atoms with E-state index in [0.29, 0.717) is 0 Å². The number of aliphatic imine (C=N–C) groups is 1. The van der Waals surface area contributed by atoms with Crippen LogP contribution in [0.25, 0.3) is 0 Å². The van der Waals surface area contributed by atoms with Gasteiger partial charge in [0, 0.05) is 25.4 Å². The minimum Gasteiger partial charge on any atom is -0.357 e. The molecule has 0 radical (unpaired) electrons. The number of guanidine groups is 1. The third kappa shape index (κ3) is 6.73. The van der Waals surface area contributed by atoms with Gasteiger partial charge in [0.05, 0.1) is 6.54 Å². The van der Waals surface area contributed by atoms with Gasteiger partial charge in [-0.05, 0) is 50.2 Å². The van der Waals surface area contributed by atoms with Crippen LogP contribution in [-0.4, -0.2) is 49.0 Å². The lowest BCUT2D eigenvalue weighted by molar-refractivity contribution is 0.220. The van der Waals surface area contributed by atoms with Crippen molar-refractivity contribution >= 4 is 17.7 Å². The zero-order valence-corrected chi connectivity index (χ0v) is 16.0. The van der Waals surface area contributed by atoms with E-state index in [-0.39, 0.29) is 0 Å². The van der Waals surface area contributed by atoms with Crippen LogP contribution in [0.3, 0.4) is 0 Å². The Kier molecular flexibility index (Phi) is 9.06. The molecule has 1 heterocycles. The lowest BCUT2D eigenvalue weighted by Gasteiger charge is -2.27. The Hall–Kier alpha value is -1.20. The molecule has 2 N–H and O–H groups in total. The summed E-state index contributed by atoms with van der Waals surface area (Å²) in [6.45, 7) is 8.20. The molecule has 0 atom stereocenters. The molecule has 0 amide bonds. The number of benzene rings is 1. The van der Waals surface area contributed by atoms with Crippen LogP contribution in [0.15, 0.2) is 29.3 Å². The molecule has 5 heteroatoms. The number of piperidine rings is 1. The van der Waals surface area contributed by atoms with Gasteiger partial charge in [0.15, 0.2) is 5.96 Å². The van der Waals surface area contributed by atoms with Gasteiger partial charge >= 0.3 is 0 Å². The van der Waals surface area contributed by atoms with E-state index >= 15 is 0 Å². The second-order valence-corrected chi connectivity index (χ2v) is 7.21. The van der Waals surface area contributed by atoms with Gasteiger partial charge in [0.1, 0.15) is 0 Å². The van der Waals surface area contributed by atoms with E-state index in [2.05, 4.69) is 53.0 Å². The molecule has 24 heavy (non-hydrogen) atoms. The minimum atomic E-state index is 0.735. The van der Waals surface area contributed by atoms with Gasteiger partial charge in [-0.15, -0.1) is 0 Å². The van der Waals surface area contributed by atoms with Gasteiger partial charge in [0.2, 0.25) is 0 Å². The summed E-state index contributed by atoms with van der Waals surface area (Å²) in [5.74, 6) is 2.01. The Morgan fingerprint density at radius 1 is 1.12 bits per heavy atom. The second-order valence-electron chi connectivity index (χ2n) is 6.22. The van der Waals surface area contributed by atoms with E-state index in [0.717, 1.165) is 37.9 Å². The molecule has 134 valence electrons. The number of hydrogen-bond acceptors (Lipinski definition) is 3. The Balaban J connectivity index is 1.97. The Bertz CT molecular complexity index is 498. The first-order valence-corrected chi connectivity index (χ1v) is 10.5. The van der Waals surface area contributed by atoms with E-state index < -0.39 is 0 Å². The first-order valence-electron chi connectivity index (χ1n) is 9.13. The van der Waals surface area contributed by atoms with E-state index in [1.54, 1.807) is 0 Å². The summed E-state index contributed by atoms with van der Waals surface area (Å²) in [5.41, 5.74) is 2.76. The van der Waals surface area contributed by atoms with E-state index in [1.807, 2.05) is 11.8 Å². The van der Waals surface area contributed by atoms with Crippen molar-refractivity contribution in [2.45, 2.75) is 39.3 Å². The average Bonchev–Trinajstić information content (AvgIpc) is 2.62. The monoisotopic (exact) mass is 348 g/mol. The van der Waals surface area contributed by atoms with Gasteiger partial charge < -0.3 is 10.6 Å². The van der Waals surface area contributed by atoms with Crippen LogP contribution in [0.5, 0.6) is 0 Å². The summed E-state index contributed by atoms with van der Waals surface area (Å²) in [5, 5.41) is 6.73. The highest BCUT2D eigenvalue weighted by Gasteiger charge is 2.12. The van der Waals surface area contributed by atoms with Crippen molar-refractivity contribution in [3.8, 4) is 0 Å². The standard InChI is InChI=1S/C19H32N4S/c1-3-20-19(21-11-14-24-2)22-15-17-9-5-6-10-18(17)16-23-12-7-4-8-13-23/h5-6,9-10H,3-4,7-8,11-16H2,1-2H3,(H2,20,21,22). The molecule has 2 rings (SSSR count). The van der Waals surface area contributed by atoms with Crippen LogP contribution in [0.1, 0.15) is 37.3 Å². The van der Waals surface area contributed by atoms with Crippen LogP contribution in [-0.2, 0) is 13.1 Å². The molecule has 0 aliphatic carbocycles. The van der Waals surface area contributed by atoms with Crippen LogP contribution < -0.4 is 10.6 Å². The molecule has 1 aliphatic rings. The Morgan fingerprint density at radius 3 is 2.58 bits per heavy atom. The van der Waals surface area contributed by atoms with Crippen LogP contribution in [0.2, 0.25) is 0 Å². The molecular weight excluding hydrogens is 316 g/mol. The van der Waals surface area contributed by atoms with Gasteiger partial charge in [-0.2, -0.15) is 11.8 Å². The van der Waals surface area contributed by atoms with Crippen LogP contribution >= 0.6 is 11.8 Å². The molecule has 1 fully saturated rings. The fourth-order valence-electron chi connectivity index (χ4n) is 3.00. The molecule has 1 aromatic rings. The second kappa shape index (κ2) is 11.4. The predicted molar refractivity (Wildman–Crippen MR) is 107 cm³/mol. The summed E-state index contributed by atoms with van der Waals surface area (Å²) in [7, 11) is 0. The summed E-state index contributed by atoms with van der Waals surface area (Å²) in [6, 6.07) is 8.74. The molecule has 0 bridgehead atoms. The Labute approximate surface area is 151 Å². The maximum Gasteiger partial charge on any atom is 0.191 e. The average molecular weight is 349 g/mol. The SMILES string of the molecule is CCNC(=NCc1ccccc1CN1CCCCC1)NCCSC. The first kappa shape index (κ1) is 19.1. The largest absolute Gasteiger partial charge is 0.357 e. The number of likely N-dealkylation sites (tertiary alicyclic amines) is 1. The molecule has 1 aliphatic heterocycles. The van der Waals surface area contributed by atoms with Gasteiger partial charge in [-0.1, -0.05) is 30.7 Å². The van der Waals surface area contributed by atoms with Crippen molar-refractivity contribution in [3.05, 3.63) is 35.4 Å². The molecular formula is C19H32N4S. The van der Waals surface area contributed by atoms with Crippen molar-refractivity contribution in [1.82, 2.24) is 15.5 Å². The first-order chi connectivity index (χ1) is 11.8. The Morgan fingerprint density at radius 2 is 1.88 bits per heavy atom. The highest BCUT2D eigenvalue weighted by Crippen LogP contribution is 2.16. The topological polar surface area (TPSA) is 39.7 Å². The van der Waals surface area contributed by atoms with Crippen molar-refractivity contribution in [1.29, 1.82) is 0 Å². The third-order valence-corrected chi connectivity index (χ3v) is 4.92. The quantitative estimate of drug-likeness (QED) is 0.430. The van der Waals surface area contributed by atoms with Crippen molar-refractivity contribution in [3.63, 3.8) is 0 Å². The smallest absolute Gasteiger partial charge is 0.191 e. The van der Waals surface area contributed by atoms with E-state index in [9.17, 15) is 0 Å². The summed E-state index contributed by atoms with van der Waals surface area (Å²) in [6.07, 6.45) is 6.19. The van der Waals surface area contributed by atoms with Crippen molar-refractivity contribution < 1.29 is 0 Å². The molecule has 0 saturated carbocycles. The van der Waals surface area contributed by atoms with Gasteiger partial charge in [-0.3, -0.25) is 4.90 Å². The molecule has 0 unspecified atom stereocenters. The highest BCUT2D eigenvalue weighted by atomic mass is 32.2. The molecule has 1 aromatic carbocycles. The summed E-state index contributed by atoms with van der Waals surface area (Å²) in [4.78, 5) is 7.35. The fraction of sp³-hybridized carbons (Fsp3) is 0.632. The summed E-state index contributed by atoms with van der Waals surface area (Å²) >= 11 is 1.85. The van der Waals surface area contributed by atoms with E-state index in [1.165, 1.54) is 43.5 Å². The van der Waals surface area contributed by atoms with Crippen LogP contribution in [0, 0.1) is 0 Å². The maximum absolute atomic E-state index is 4.78. The van der Waals surface area contributed by atoms with Gasteiger partial charge in [-0.25, -0.2) is 4.99 Å². The molecule has 0 aromatic heterocycles. The summed E-state index contributed by atoms with van der Waals surface area (Å²) < 4.78 is 0. The lowest BCUT2D eigenvalue weighted by atomic mass is 10.1. The van der Waals surface area contributed by atoms with Crippen LogP contribution in [0.4, 0.5) is 0 Å². The van der Waals surface area contributed by atoms with Crippen molar-refractivity contribution in [2.24, 2.45) is 4.99 Å². The zero-order chi connectivity index (χ0) is 17.0. The van der Waals surface area contributed by atoms with E-state index in [4.69, 9.17) is 4.99 Å². The number of hydrogen-bond donors (Lipinski definition) is 2. The number of rotatable bonds is 8. The number of nitrogens with one attached hydrogen (secondary N) is 2. The van der Waals surface area contributed by atoms with Crippen molar-refractivity contribution in [2.75, 3.05) is 38.2 Å². The third-order valence-electron chi connectivity index (χ3n) is 4.31. The predicted octanol–water partition coefficient (Wildman–Crippen LogP) is 3.09. The zero-order valence-electron chi connectivity index (χ0n) is 15.2. The lowest BCUT2D eigenvalue weighted by Crippen LogP contribution is -2.38. The molecule has 1 saturated heterocycles. The highest BCUT2D eigenvalue weighted by molar-refractivity contribution is 7.98. The maximum atomic E-state index is 4.78. The molecule has 4 nitrogen and oxygen atoms in total.